The van der Waals surface area contributed by atoms with Gasteiger partial charge >= 0.3 is 12.1 Å². The zero-order chi connectivity index (χ0) is 27.6. The maximum Gasteiger partial charge on any atom is 0.422 e. The highest BCUT2D eigenvalue weighted by molar-refractivity contribution is 5.70. The van der Waals surface area contributed by atoms with Crippen LogP contribution in [0.25, 0.3) is 34.3 Å². The third-order valence-corrected chi connectivity index (χ3v) is 6.69. The maximum absolute atomic E-state index is 14.0. The van der Waals surface area contributed by atoms with Gasteiger partial charge in [-0.1, -0.05) is 64.9 Å². The summed E-state index contributed by atoms with van der Waals surface area (Å²) in [6, 6.07) is 14.5. The van der Waals surface area contributed by atoms with Crippen LogP contribution >= 0.6 is 0 Å². The van der Waals surface area contributed by atoms with Gasteiger partial charge in [-0.2, -0.15) is 18.2 Å². The fraction of sp³-hybridized carbons (Fsp3) is 0.333. The van der Waals surface area contributed by atoms with Crippen molar-refractivity contribution in [1.82, 2.24) is 20.2 Å². The van der Waals surface area contributed by atoms with E-state index in [1.807, 2.05) is 0 Å². The summed E-state index contributed by atoms with van der Waals surface area (Å²) in [5.74, 6) is -1.59. The van der Waals surface area contributed by atoms with E-state index in [4.69, 9.17) is 14.2 Å². The van der Waals surface area contributed by atoms with Gasteiger partial charge in [0.05, 0.1) is 6.10 Å². The molecule has 1 saturated heterocycles. The fourth-order valence-electron chi connectivity index (χ4n) is 4.86. The van der Waals surface area contributed by atoms with Gasteiger partial charge < -0.3 is 24.2 Å². The number of piperidine rings is 1. The summed E-state index contributed by atoms with van der Waals surface area (Å²) in [5, 5.41) is 27.2. The molecule has 0 amide bonds. The Labute approximate surface area is 220 Å². The number of aliphatic hydroxyl groups excluding tert-OH is 1. The van der Waals surface area contributed by atoms with Crippen molar-refractivity contribution < 1.29 is 37.2 Å². The highest BCUT2D eigenvalue weighted by atomic mass is 19.4. The molecule has 1 aliphatic heterocycles. The number of aromatic nitrogens is 3. The number of rotatable bonds is 8. The number of hydrogen-bond acceptors (Lipinski definition) is 8. The Morgan fingerprint density at radius 2 is 1.79 bits per heavy atom. The van der Waals surface area contributed by atoms with E-state index in [0.29, 0.717) is 24.2 Å². The van der Waals surface area contributed by atoms with E-state index in [9.17, 15) is 23.1 Å². The molecule has 2 aromatic heterocycles. The highest BCUT2D eigenvalue weighted by Gasteiger charge is 2.42. The summed E-state index contributed by atoms with van der Waals surface area (Å²) >= 11 is 0. The molecule has 0 aliphatic carbocycles. The molecule has 1 fully saturated rings. The van der Waals surface area contributed by atoms with E-state index < -0.39 is 41.2 Å². The van der Waals surface area contributed by atoms with Crippen molar-refractivity contribution in [1.29, 1.82) is 0 Å². The number of likely N-dealkylation sites (tertiary alicyclic amines) is 1. The Hall–Kier alpha value is -4.03. The zero-order valence-electron chi connectivity index (χ0n) is 20.6. The van der Waals surface area contributed by atoms with Crippen LogP contribution in [0.4, 0.5) is 13.2 Å². The van der Waals surface area contributed by atoms with Crippen LogP contribution in [0.2, 0.25) is 0 Å². The summed E-state index contributed by atoms with van der Waals surface area (Å²) in [4.78, 5) is 17.2. The first kappa shape index (κ1) is 26.6. The summed E-state index contributed by atoms with van der Waals surface area (Å²) in [5.41, 5.74) is -0.396. The molecule has 0 radical (unpaired) electrons. The molecule has 0 saturated carbocycles. The van der Waals surface area contributed by atoms with Crippen LogP contribution in [-0.2, 0) is 11.0 Å². The van der Waals surface area contributed by atoms with Gasteiger partial charge in [-0.25, -0.2) is 0 Å². The lowest BCUT2D eigenvalue weighted by Gasteiger charge is -2.33. The smallest absolute Gasteiger partial charge is 0.422 e. The number of hydrogen-bond donors (Lipinski definition) is 2. The highest BCUT2D eigenvalue weighted by Crippen LogP contribution is 2.43. The normalized spacial score (nSPS) is 17.3. The number of aliphatic carboxylic acids is 1. The lowest BCUT2D eigenvalue weighted by Crippen LogP contribution is -2.38. The Kier molecular flexibility index (Phi) is 7.49. The van der Waals surface area contributed by atoms with Crippen molar-refractivity contribution in [2.75, 3.05) is 19.6 Å². The van der Waals surface area contributed by atoms with Crippen molar-refractivity contribution in [2.45, 2.75) is 31.5 Å². The second kappa shape index (κ2) is 11.0. The number of carboxylic acid groups (broad SMARTS) is 1. The van der Waals surface area contributed by atoms with E-state index in [2.05, 4.69) is 20.2 Å². The van der Waals surface area contributed by atoms with Gasteiger partial charge in [-0.05, 0) is 30.9 Å². The molecule has 1 aliphatic rings. The number of carboxylic acids is 1. The van der Waals surface area contributed by atoms with Crippen molar-refractivity contribution in [2.24, 2.45) is 5.92 Å². The minimum absolute atomic E-state index is 0.0518. The lowest BCUT2D eigenvalue weighted by atomic mass is 9.94. The third-order valence-electron chi connectivity index (χ3n) is 6.69. The van der Waals surface area contributed by atoms with Crippen LogP contribution in [0.3, 0.4) is 0 Å². The first-order chi connectivity index (χ1) is 18.7. The molecule has 9 nitrogen and oxygen atoms in total. The molecule has 2 aromatic carbocycles. The topological polar surface area (TPSA) is 126 Å². The molecular formula is C27H25F3N4O5. The molecule has 0 bridgehead atoms. The van der Waals surface area contributed by atoms with E-state index in [-0.39, 0.29) is 23.7 Å². The number of alkyl halides is 3. The number of β-amino-alcohol motifs (C(OH)–C–C–N with tert-alkyl or cyclic N) is 1. The molecule has 204 valence electrons. The SMILES string of the molecule is O=C(O)C[C@H]1CCCN(C[C@@H](O)c2ccc(-c3noc(-c4noc(-c5ccccc5)c4C(F)(F)F)n3)cc2)C1. The minimum atomic E-state index is -4.78. The van der Waals surface area contributed by atoms with Crippen molar-refractivity contribution in [3.8, 4) is 34.3 Å². The second-order valence-corrected chi connectivity index (χ2v) is 9.53. The van der Waals surface area contributed by atoms with E-state index >= 15 is 0 Å². The number of aliphatic hydroxyl groups is 1. The van der Waals surface area contributed by atoms with Crippen LogP contribution in [0.15, 0.2) is 63.6 Å². The van der Waals surface area contributed by atoms with Gasteiger partial charge in [-0.3, -0.25) is 4.79 Å². The first-order valence-electron chi connectivity index (χ1n) is 12.4. The molecule has 2 atom stereocenters. The van der Waals surface area contributed by atoms with Gasteiger partial charge in [0, 0.05) is 30.6 Å². The summed E-state index contributed by atoms with van der Waals surface area (Å²) in [6.45, 7) is 1.75. The fourth-order valence-corrected chi connectivity index (χ4v) is 4.86. The predicted molar refractivity (Wildman–Crippen MR) is 132 cm³/mol. The Morgan fingerprint density at radius 3 is 2.49 bits per heavy atom. The molecule has 2 N–H and O–H groups in total. The largest absolute Gasteiger partial charge is 0.481 e. The average Bonchev–Trinajstić information content (AvgIpc) is 3.57. The van der Waals surface area contributed by atoms with Crippen LogP contribution < -0.4 is 0 Å². The average molecular weight is 543 g/mol. The third kappa shape index (κ3) is 6.02. The summed E-state index contributed by atoms with van der Waals surface area (Å²) in [6.07, 6.45) is -3.75. The lowest BCUT2D eigenvalue weighted by molar-refractivity contribution is -0.139. The summed E-state index contributed by atoms with van der Waals surface area (Å²) in [7, 11) is 0. The van der Waals surface area contributed by atoms with Crippen molar-refractivity contribution in [3.63, 3.8) is 0 Å². The molecule has 0 spiro atoms. The number of benzene rings is 2. The Bertz CT molecular complexity index is 1420. The molecule has 3 heterocycles. The summed E-state index contributed by atoms with van der Waals surface area (Å²) < 4.78 is 52.1. The van der Waals surface area contributed by atoms with Crippen LogP contribution in [0.5, 0.6) is 0 Å². The monoisotopic (exact) mass is 542 g/mol. The van der Waals surface area contributed by atoms with Crippen molar-refractivity contribution >= 4 is 5.97 Å². The molecular weight excluding hydrogens is 517 g/mol. The van der Waals surface area contributed by atoms with E-state index in [1.165, 1.54) is 12.1 Å². The molecule has 12 heteroatoms. The molecule has 5 rings (SSSR count). The van der Waals surface area contributed by atoms with Crippen molar-refractivity contribution in [3.05, 3.63) is 65.7 Å². The van der Waals surface area contributed by atoms with Crippen LogP contribution in [-0.4, -0.2) is 56.0 Å². The van der Waals surface area contributed by atoms with Crippen LogP contribution in [0.1, 0.15) is 36.5 Å². The molecule has 39 heavy (non-hydrogen) atoms. The van der Waals surface area contributed by atoms with Gasteiger partial charge in [-0.15, -0.1) is 0 Å². The second-order valence-electron chi connectivity index (χ2n) is 9.53. The van der Waals surface area contributed by atoms with Gasteiger partial charge in [0.15, 0.2) is 11.5 Å². The maximum atomic E-state index is 14.0. The van der Waals surface area contributed by atoms with E-state index in [0.717, 1.165) is 19.4 Å². The number of carbonyl (C=O) groups is 1. The zero-order valence-corrected chi connectivity index (χ0v) is 20.6. The number of nitrogens with zero attached hydrogens (tertiary/aromatic N) is 4. The standard InChI is InChI=1S/C27H25F3N4O5/c28-27(29,30)22-23(32-38-24(22)18-6-2-1-3-7-18)26-31-25(33-39-26)19-10-8-17(9-11-19)20(35)15-34-12-4-5-16(14-34)13-21(36)37/h1-3,6-11,16,20,35H,4-5,12-15H2,(H,36,37)/t16-,20-/m1/s1. The molecule has 0 unspecified atom stereocenters. The van der Waals surface area contributed by atoms with Gasteiger partial charge in [0.25, 0.3) is 5.89 Å². The molecule has 4 aromatic rings. The minimum Gasteiger partial charge on any atom is -0.481 e. The quantitative estimate of drug-likeness (QED) is 0.305. The predicted octanol–water partition coefficient (Wildman–Crippen LogP) is 5.30. The first-order valence-corrected chi connectivity index (χ1v) is 12.4. The Balaban J connectivity index is 1.31. The van der Waals surface area contributed by atoms with Gasteiger partial charge in [0.1, 0.15) is 5.56 Å². The van der Waals surface area contributed by atoms with E-state index in [1.54, 1.807) is 42.5 Å². The van der Waals surface area contributed by atoms with Gasteiger partial charge in [0.2, 0.25) is 5.82 Å². The Morgan fingerprint density at radius 1 is 1.05 bits per heavy atom. The van der Waals surface area contributed by atoms with Crippen LogP contribution in [0, 0.1) is 5.92 Å². The number of halogens is 3.